The molecule has 0 fully saturated rings. The van der Waals surface area contributed by atoms with Gasteiger partial charge in [0.05, 0.1) is 6.04 Å². The summed E-state index contributed by atoms with van der Waals surface area (Å²) in [4.78, 5) is 0. The van der Waals surface area contributed by atoms with Crippen LogP contribution in [0.1, 0.15) is 35.2 Å². The van der Waals surface area contributed by atoms with Gasteiger partial charge in [-0.25, -0.2) is 8.78 Å². The molecule has 0 aliphatic heterocycles. The number of hydrogen-bond donors (Lipinski definition) is 1. The Morgan fingerprint density at radius 2 is 1.80 bits per heavy atom. The van der Waals surface area contributed by atoms with E-state index in [1.54, 1.807) is 37.3 Å². The summed E-state index contributed by atoms with van der Waals surface area (Å²) in [6.07, 6.45) is 0. The highest BCUT2D eigenvalue weighted by atomic mass is 19.1. The van der Waals surface area contributed by atoms with Gasteiger partial charge in [-0.15, -0.1) is 0 Å². The second-order valence-electron chi connectivity index (χ2n) is 4.99. The average Bonchev–Trinajstić information content (AvgIpc) is 2.43. The Labute approximate surface area is 118 Å². The molecule has 0 aliphatic rings. The van der Waals surface area contributed by atoms with E-state index in [1.165, 1.54) is 6.07 Å². The molecular formula is C17H19F2N. The Morgan fingerprint density at radius 1 is 1.05 bits per heavy atom. The highest BCUT2D eigenvalue weighted by Crippen LogP contribution is 2.28. The van der Waals surface area contributed by atoms with Crippen LogP contribution in [0.4, 0.5) is 8.78 Å². The molecule has 1 unspecified atom stereocenters. The standard InChI is InChI=1S/C17H19F2N/c1-4-20-17(13-7-5-6-12(3)16(13)19)14-10-11(2)8-9-15(14)18/h5-10,17,20H,4H2,1-3H3. The van der Waals surface area contributed by atoms with Gasteiger partial charge in [0.1, 0.15) is 11.6 Å². The Kier molecular flexibility index (Phi) is 4.50. The highest BCUT2D eigenvalue weighted by Gasteiger charge is 2.21. The van der Waals surface area contributed by atoms with Crippen LogP contribution in [-0.4, -0.2) is 6.54 Å². The number of hydrogen-bond acceptors (Lipinski definition) is 1. The molecule has 2 rings (SSSR count). The van der Waals surface area contributed by atoms with Gasteiger partial charge in [0, 0.05) is 11.1 Å². The molecule has 106 valence electrons. The molecule has 0 saturated carbocycles. The minimum absolute atomic E-state index is 0.278. The first-order valence-corrected chi connectivity index (χ1v) is 6.79. The predicted molar refractivity (Wildman–Crippen MR) is 77.8 cm³/mol. The Hall–Kier alpha value is -1.74. The third-order valence-electron chi connectivity index (χ3n) is 3.40. The van der Waals surface area contributed by atoms with Crippen LogP contribution in [0.25, 0.3) is 0 Å². The van der Waals surface area contributed by atoms with Crippen molar-refractivity contribution in [2.45, 2.75) is 26.8 Å². The van der Waals surface area contributed by atoms with Crippen molar-refractivity contribution in [2.75, 3.05) is 6.54 Å². The molecule has 0 bridgehead atoms. The van der Waals surface area contributed by atoms with Crippen LogP contribution in [0.15, 0.2) is 36.4 Å². The quantitative estimate of drug-likeness (QED) is 0.878. The maximum atomic E-state index is 14.3. The normalized spacial score (nSPS) is 12.4. The van der Waals surface area contributed by atoms with Gasteiger partial charge < -0.3 is 5.32 Å². The lowest BCUT2D eigenvalue weighted by molar-refractivity contribution is 0.527. The van der Waals surface area contributed by atoms with Gasteiger partial charge in [-0.1, -0.05) is 42.8 Å². The lowest BCUT2D eigenvalue weighted by Crippen LogP contribution is -2.24. The van der Waals surface area contributed by atoms with Gasteiger partial charge in [-0.05, 0) is 32.0 Å². The first-order chi connectivity index (χ1) is 9.54. The van der Waals surface area contributed by atoms with Crippen LogP contribution >= 0.6 is 0 Å². The molecule has 0 amide bonds. The summed E-state index contributed by atoms with van der Waals surface area (Å²) in [7, 11) is 0. The van der Waals surface area contributed by atoms with E-state index in [-0.39, 0.29) is 11.6 Å². The molecule has 1 atom stereocenters. The Balaban J connectivity index is 2.56. The maximum absolute atomic E-state index is 14.3. The summed E-state index contributed by atoms with van der Waals surface area (Å²) >= 11 is 0. The number of nitrogens with one attached hydrogen (secondary N) is 1. The SMILES string of the molecule is CCNC(c1cc(C)ccc1F)c1cccc(C)c1F. The molecule has 20 heavy (non-hydrogen) atoms. The van der Waals surface area contributed by atoms with Crippen LogP contribution in [0.5, 0.6) is 0 Å². The van der Waals surface area contributed by atoms with Crippen molar-refractivity contribution in [3.8, 4) is 0 Å². The molecule has 0 aliphatic carbocycles. The Bertz CT molecular complexity index is 606. The number of halogens is 2. The number of rotatable bonds is 4. The lowest BCUT2D eigenvalue weighted by Gasteiger charge is -2.21. The van der Waals surface area contributed by atoms with Crippen molar-refractivity contribution in [1.29, 1.82) is 0 Å². The zero-order chi connectivity index (χ0) is 14.7. The van der Waals surface area contributed by atoms with Crippen molar-refractivity contribution in [3.05, 3.63) is 70.3 Å². The highest BCUT2D eigenvalue weighted by molar-refractivity contribution is 5.37. The van der Waals surface area contributed by atoms with Crippen LogP contribution in [0.2, 0.25) is 0 Å². The van der Waals surface area contributed by atoms with Crippen molar-refractivity contribution in [1.82, 2.24) is 5.32 Å². The van der Waals surface area contributed by atoms with Gasteiger partial charge in [-0.2, -0.15) is 0 Å². The first-order valence-electron chi connectivity index (χ1n) is 6.79. The van der Waals surface area contributed by atoms with Gasteiger partial charge in [-0.3, -0.25) is 0 Å². The molecule has 2 aromatic carbocycles. The third kappa shape index (κ3) is 2.88. The predicted octanol–water partition coefficient (Wildman–Crippen LogP) is 4.28. The molecule has 0 spiro atoms. The lowest BCUT2D eigenvalue weighted by atomic mass is 9.95. The molecule has 1 N–H and O–H groups in total. The molecule has 0 aromatic heterocycles. The van der Waals surface area contributed by atoms with Gasteiger partial charge in [0.2, 0.25) is 0 Å². The minimum atomic E-state index is -0.472. The van der Waals surface area contributed by atoms with E-state index in [0.29, 0.717) is 23.2 Å². The van der Waals surface area contributed by atoms with E-state index in [2.05, 4.69) is 5.32 Å². The van der Waals surface area contributed by atoms with Crippen LogP contribution in [0.3, 0.4) is 0 Å². The monoisotopic (exact) mass is 275 g/mol. The summed E-state index contributed by atoms with van der Waals surface area (Å²) in [5.74, 6) is -0.596. The van der Waals surface area contributed by atoms with Crippen LogP contribution in [-0.2, 0) is 0 Å². The molecular weight excluding hydrogens is 256 g/mol. The maximum Gasteiger partial charge on any atom is 0.131 e. The largest absolute Gasteiger partial charge is 0.306 e. The molecule has 0 radical (unpaired) electrons. The van der Waals surface area contributed by atoms with Crippen molar-refractivity contribution >= 4 is 0 Å². The topological polar surface area (TPSA) is 12.0 Å². The zero-order valence-electron chi connectivity index (χ0n) is 12.0. The summed E-state index contributed by atoms with van der Waals surface area (Å²) in [5, 5.41) is 3.17. The van der Waals surface area contributed by atoms with Crippen LogP contribution in [0, 0.1) is 25.5 Å². The average molecular weight is 275 g/mol. The fourth-order valence-electron chi connectivity index (χ4n) is 2.37. The van der Waals surface area contributed by atoms with E-state index in [1.807, 2.05) is 13.8 Å². The summed E-state index contributed by atoms with van der Waals surface area (Å²) < 4.78 is 28.4. The smallest absolute Gasteiger partial charge is 0.131 e. The van der Waals surface area contributed by atoms with E-state index >= 15 is 0 Å². The summed E-state index contributed by atoms with van der Waals surface area (Å²) in [6, 6.07) is 9.67. The van der Waals surface area contributed by atoms with Crippen molar-refractivity contribution in [2.24, 2.45) is 0 Å². The second kappa shape index (κ2) is 6.14. The Morgan fingerprint density at radius 3 is 2.50 bits per heavy atom. The number of aryl methyl sites for hydroxylation is 2. The van der Waals surface area contributed by atoms with E-state index in [0.717, 1.165) is 5.56 Å². The van der Waals surface area contributed by atoms with Crippen molar-refractivity contribution < 1.29 is 8.78 Å². The van der Waals surface area contributed by atoms with Crippen LogP contribution < -0.4 is 5.32 Å². The second-order valence-corrected chi connectivity index (χ2v) is 4.99. The molecule has 2 aromatic rings. The summed E-state index contributed by atoms with van der Waals surface area (Å²) in [5.41, 5.74) is 2.49. The molecule has 0 heterocycles. The fraction of sp³-hybridized carbons (Fsp3) is 0.294. The molecule has 3 heteroatoms. The zero-order valence-corrected chi connectivity index (χ0v) is 12.0. The molecule has 0 saturated heterocycles. The third-order valence-corrected chi connectivity index (χ3v) is 3.40. The van der Waals surface area contributed by atoms with Gasteiger partial charge in [0.15, 0.2) is 0 Å². The van der Waals surface area contributed by atoms with Crippen molar-refractivity contribution in [3.63, 3.8) is 0 Å². The van der Waals surface area contributed by atoms with E-state index in [4.69, 9.17) is 0 Å². The van der Waals surface area contributed by atoms with E-state index in [9.17, 15) is 8.78 Å². The summed E-state index contributed by atoms with van der Waals surface area (Å²) in [6.45, 7) is 6.17. The minimum Gasteiger partial charge on any atom is -0.306 e. The number of benzene rings is 2. The van der Waals surface area contributed by atoms with Gasteiger partial charge >= 0.3 is 0 Å². The van der Waals surface area contributed by atoms with Gasteiger partial charge in [0.25, 0.3) is 0 Å². The fourth-order valence-corrected chi connectivity index (χ4v) is 2.37. The van der Waals surface area contributed by atoms with E-state index < -0.39 is 6.04 Å². The molecule has 1 nitrogen and oxygen atoms in total. The first kappa shape index (κ1) is 14.7.